The molecule has 0 spiro atoms. The Balaban J connectivity index is 2.12. The lowest BCUT2D eigenvalue weighted by atomic mass is 10.1. The molecule has 1 unspecified atom stereocenters. The molecule has 1 aromatic carbocycles. The third-order valence-corrected chi connectivity index (χ3v) is 3.30. The van der Waals surface area contributed by atoms with Crippen molar-refractivity contribution >= 4 is 5.97 Å². The number of carbonyl (C=O) groups is 1. The van der Waals surface area contributed by atoms with Crippen LogP contribution in [0.4, 0.5) is 0 Å². The average Bonchev–Trinajstić information content (AvgIpc) is 2.97. The van der Waals surface area contributed by atoms with E-state index in [-0.39, 0.29) is 6.42 Å². The molecule has 6 nitrogen and oxygen atoms in total. The van der Waals surface area contributed by atoms with Crippen LogP contribution < -0.4 is 5.73 Å². The highest BCUT2D eigenvalue weighted by Gasteiger charge is 2.15. The molecule has 0 saturated heterocycles. The summed E-state index contributed by atoms with van der Waals surface area (Å²) in [5.41, 5.74) is 7.27. The van der Waals surface area contributed by atoms with Crippen molar-refractivity contribution < 1.29 is 23.8 Å². The van der Waals surface area contributed by atoms with Crippen LogP contribution in [-0.4, -0.2) is 31.3 Å². The van der Waals surface area contributed by atoms with E-state index in [0.29, 0.717) is 11.5 Å². The second-order valence-corrected chi connectivity index (χ2v) is 4.84. The van der Waals surface area contributed by atoms with E-state index in [1.807, 2.05) is 24.3 Å². The van der Waals surface area contributed by atoms with E-state index in [9.17, 15) is 4.79 Å². The molecule has 0 radical (unpaired) electrons. The van der Waals surface area contributed by atoms with Crippen molar-refractivity contribution in [1.29, 1.82) is 0 Å². The first kappa shape index (κ1) is 16.2. The standard InChI is InChI=1S/C16H19NO5/c1-20-16(21-2)11-5-3-10(4-6-11)14-8-7-12(22-14)9-13(17)15(18)19/h3-8,13,16H,9,17H2,1-2H3,(H,18,19). The van der Waals surface area contributed by atoms with Gasteiger partial charge in [0.15, 0.2) is 6.29 Å². The number of hydrogen-bond acceptors (Lipinski definition) is 5. The molecule has 0 saturated carbocycles. The largest absolute Gasteiger partial charge is 0.480 e. The maximum absolute atomic E-state index is 10.7. The van der Waals surface area contributed by atoms with Crippen LogP contribution in [0.25, 0.3) is 11.3 Å². The highest BCUT2D eigenvalue weighted by molar-refractivity contribution is 5.73. The Hall–Kier alpha value is -2.15. The number of aliphatic carboxylic acids is 1. The normalized spacial score (nSPS) is 12.5. The zero-order chi connectivity index (χ0) is 16.1. The van der Waals surface area contributed by atoms with Gasteiger partial charge < -0.3 is 24.7 Å². The number of methoxy groups -OCH3 is 2. The molecule has 3 N–H and O–H groups in total. The number of carboxylic acids is 1. The van der Waals surface area contributed by atoms with Crippen LogP contribution in [-0.2, 0) is 20.7 Å². The minimum atomic E-state index is -1.05. The van der Waals surface area contributed by atoms with Gasteiger partial charge in [0, 0.05) is 31.8 Å². The summed E-state index contributed by atoms with van der Waals surface area (Å²) in [6.07, 6.45) is -0.252. The van der Waals surface area contributed by atoms with Crippen molar-refractivity contribution in [1.82, 2.24) is 0 Å². The molecule has 1 heterocycles. The Labute approximate surface area is 128 Å². The maximum Gasteiger partial charge on any atom is 0.320 e. The highest BCUT2D eigenvalue weighted by Crippen LogP contribution is 2.25. The number of benzene rings is 1. The zero-order valence-corrected chi connectivity index (χ0v) is 12.5. The molecule has 0 amide bonds. The van der Waals surface area contributed by atoms with Crippen molar-refractivity contribution in [2.75, 3.05) is 14.2 Å². The van der Waals surface area contributed by atoms with Crippen molar-refractivity contribution in [3.05, 3.63) is 47.7 Å². The quantitative estimate of drug-likeness (QED) is 0.761. The van der Waals surface area contributed by atoms with Crippen LogP contribution in [0.15, 0.2) is 40.8 Å². The Morgan fingerprint density at radius 2 is 1.82 bits per heavy atom. The van der Waals surface area contributed by atoms with E-state index in [4.69, 9.17) is 24.7 Å². The summed E-state index contributed by atoms with van der Waals surface area (Å²) in [5, 5.41) is 8.81. The lowest BCUT2D eigenvalue weighted by Gasteiger charge is -2.13. The van der Waals surface area contributed by atoms with Gasteiger partial charge in [0.2, 0.25) is 0 Å². The minimum Gasteiger partial charge on any atom is -0.480 e. The van der Waals surface area contributed by atoms with E-state index < -0.39 is 18.3 Å². The minimum absolute atomic E-state index is 0.156. The van der Waals surface area contributed by atoms with Crippen LogP contribution in [0, 0.1) is 0 Å². The molecule has 0 aliphatic rings. The van der Waals surface area contributed by atoms with Gasteiger partial charge in [0.1, 0.15) is 17.6 Å². The molecule has 2 rings (SSSR count). The van der Waals surface area contributed by atoms with Crippen molar-refractivity contribution in [2.45, 2.75) is 18.8 Å². The van der Waals surface area contributed by atoms with E-state index >= 15 is 0 Å². The number of ether oxygens (including phenoxy) is 2. The topological polar surface area (TPSA) is 94.9 Å². The van der Waals surface area contributed by atoms with Crippen molar-refractivity contribution in [3.63, 3.8) is 0 Å². The van der Waals surface area contributed by atoms with Gasteiger partial charge in [0.05, 0.1) is 0 Å². The van der Waals surface area contributed by atoms with Crippen molar-refractivity contribution in [2.24, 2.45) is 5.73 Å². The van der Waals surface area contributed by atoms with Gasteiger partial charge in [-0.05, 0) is 12.1 Å². The molecular formula is C16H19NO5. The fourth-order valence-corrected chi connectivity index (χ4v) is 2.12. The second kappa shape index (κ2) is 7.22. The summed E-state index contributed by atoms with van der Waals surface area (Å²) >= 11 is 0. The first-order valence-electron chi connectivity index (χ1n) is 6.78. The van der Waals surface area contributed by atoms with E-state index in [1.54, 1.807) is 26.4 Å². The first-order valence-corrected chi connectivity index (χ1v) is 6.78. The average molecular weight is 305 g/mol. The molecule has 6 heteroatoms. The monoisotopic (exact) mass is 305 g/mol. The van der Waals surface area contributed by atoms with Gasteiger partial charge in [-0.2, -0.15) is 0 Å². The molecule has 0 bridgehead atoms. The Bertz CT molecular complexity index is 616. The van der Waals surface area contributed by atoms with Gasteiger partial charge in [-0.1, -0.05) is 24.3 Å². The molecule has 1 atom stereocenters. The summed E-state index contributed by atoms with van der Waals surface area (Å²) in [7, 11) is 3.15. The predicted octanol–water partition coefficient (Wildman–Crippen LogP) is 2.19. The Morgan fingerprint density at radius 3 is 2.36 bits per heavy atom. The fourth-order valence-electron chi connectivity index (χ4n) is 2.12. The van der Waals surface area contributed by atoms with E-state index in [2.05, 4.69) is 0 Å². The molecule has 22 heavy (non-hydrogen) atoms. The summed E-state index contributed by atoms with van der Waals surface area (Å²) in [4.78, 5) is 10.7. The van der Waals surface area contributed by atoms with E-state index in [1.165, 1.54) is 0 Å². The summed E-state index contributed by atoms with van der Waals surface area (Å²) in [6, 6.07) is 10.1. The fraction of sp³-hybridized carbons (Fsp3) is 0.312. The zero-order valence-electron chi connectivity index (χ0n) is 12.5. The molecule has 0 aliphatic heterocycles. The maximum atomic E-state index is 10.7. The predicted molar refractivity (Wildman–Crippen MR) is 80.2 cm³/mol. The SMILES string of the molecule is COC(OC)c1ccc(-c2ccc(CC(N)C(=O)O)o2)cc1. The molecular weight excluding hydrogens is 286 g/mol. The van der Waals surface area contributed by atoms with Gasteiger partial charge in [-0.3, -0.25) is 4.79 Å². The Kier molecular flexibility index (Phi) is 5.32. The Morgan fingerprint density at radius 1 is 1.18 bits per heavy atom. The third kappa shape index (κ3) is 3.73. The molecule has 118 valence electrons. The molecule has 0 fully saturated rings. The van der Waals surface area contributed by atoms with Crippen LogP contribution in [0.3, 0.4) is 0 Å². The van der Waals surface area contributed by atoms with Crippen LogP contribution in [0.5, 0.6) is 0 Å². The number of carboxylic acid groups (broad SMARTS) is 1. The smallest absolute Gasteiger partial charge is 0.320 e. The van der Waals surface area contributed by atoms with E-state index in [0.717, 1.165) is 11.1 Å². The lowest BCUT2D eigenvalue weighted by Crippen LogP contribution is -2.32. The summed E-state index contributed by atoms with van der Waals surface area (Å²) in [5.74, 6) is 0.152. The van der Waals surface area contributed by atoms with Gasteiger partial charge in [-0.25, -0.2) is 0 Å². The number of furan rings is 1. The highest BCUT2D eigenvalue weighted by atomic mass is 16.7. The van der Waals surface area contributed by atoms with Gasteiger partial charge in [0.25, 0.3) is 0 Å². The third-order valence-electron chi connectivity index (χ3n) is 3.30. The van der Waals surface area contributed by atoms with Gasteiger partial charge >= 0.3 is 5.97 Å². The van der Waals surface area contributed by atoms with Gasteiger partial charge in [-0.15, -0.1) is 0 Å². The first-order chi connectivity index (χ1) is 10.5. The summed E-state index contributed by atoms with van der Waals surface area (Å²) < 4.78 is 16.0. The second-order valence-electron chi connectivity index (χ2n) is 4.84. The van der Waals surface area contributed by atoms with Crippen LogP contribution in [0.1, 0.15) is 17.6 Å². The number of hydrogen-bond donors (Lipinski definition) is 2. The number of rotatable bonds is 7. The van der Waals surface area contributed by atoms with Crippen LogP contribution in [0.2, 0.25) is 0 Å². The number of nitrogens with two attached hydrogens (primary N) is 1. The van der Waals surface area contributed by atoms with Crippen LogP contribution >= 0.6 is 0 Å². The molecule has 1 aromatic heterocycles. The molecule has 2 aromatic rings. The molecule has 0 aliphatic carbocycles. The van der Waals surface area contributed by atoms with Crippen molar-refractivity contribution in [3.8, 4) is 11.3 Å². The lowest BCUT2D eigenvalue weighted by molar-refractivity contribution is -0.138. The summed E-state index contributed by atoms with van der Waals surface area (Å²) in [6.45, 7) is 0.